The molecule has 0 spiro atoms. The molecule has 1 aromatic rings. The SMILES string of the molecule is COCCCC(Nc1ccc(Br)cc1[N+](=O)[O-])C(=O)O. The molecule has 2 N–H and O–H groups in total. The summed E-state index contributed by atoms with van der Waals surface area (Å²) in [7, 11) is 1.53. The normalized spacial score (nSPS) is 11.9. The lowest BCUT2D eigenvalue weighted by molar-refractivity contribution is -0.384. The van der Waals surface area contributed by atoms with Crippen LogP contribution >= 0.6 is 15.9 Å². The molecule has 0 aliphatic rings. The summed E-state index contributed by atoms with van der Waals surface area (Å²) in [6, 6.07) is 3.53. The van der Waals surface area contributed by atoms with E-state index in [1.54, 1.807) is 6.07 Å². The van der Waals surface area contributed by atoms with Crippen LogP contribution in [0.4, 0.5) is 11.4 Å². The van der Waals surface area contributed by atoms with Gasteiger partial charge in [0, 0.05) is 24.3 Å². The van der Waals surface area contributed by atoms with Gasteiger partial charge in [-0.05, 0) is 25.0 Å². The van der Waals surface area contributed by atoms with E-state index in [9.17, 15) is 14.9 Å². The van der Waals surface area contributed by atoms with Crippen LogP contribution in [0, 0.1) is 10.1 Å². The number of ether oxygens (including phenoxy) is 1. The van der Waals surface area contributed by atoms with E-state index in [4.69, 9.17) is 9.84 Å². The molecule has 0 heterocycles. The van der Waals surface area contributed by atoms with Crippen LogP contribution in [-0.4, -0.2) is 35.8 Å². The Morgan fingerprint density at radius 2 is 2.30 bits per heavy atom. The van der Waals surface area contributed by atoms with Crippen molar-refractivity contribution in [1.29, 1.82) is 0 Å². The van der Waals surface area contributed by atoms with Crippen molar-refractivity contribution in [2.24, 2.45) is 0 Å². The van der Waals surface area contributed by atoms with E-state index in [1.165, 1.54) is 19.2 Å². The van der Waals surface area contributed by atoms with E-state index in [2.05, 4.69) is 21.2 Å². The molecule has 110 valence electrons. The molecular weight excluding hydrogens is 332 g/mol. The van der Waals surface area contributed by atoms with Crippen molar-refractivity contribution in [3.05, 3.63) is 32.8 Å². The Morgan fingerprint density at radius 1 is 1.60 bits per heavy atom. The molecule has 0 radical (unpaired) electrons. The number of hydrogen-bond donors (Lipinski definition) is 2. The van der Waals surface area contributed by atoms with Crippen LogP contribution < -0.4 is 5.32 Å². The number of aliphatic carboxylic acids is 1. The maximum Gasteiger partial charge on any atom is 0.326 e. The second-order valence-electron chi connectivity index (χ2n) is 4.09. The summed E-state index contributed by atoms with van der Waals surface area (Å²) in [4.78, 5) is 21.6. The minimum Gasteiger partial charge on any atom is -0.480 e. The molecule has 1 unspecified atom stereocenters. The van der Waals surface area contributed by atoms with Gasteiger partial charge in [0.05, 0.1) is 4.92 Å². The molecule has 0 saturated heterocycles. The van der Waals surface area contributed by atoms with Gasteiger partial charge in [-0.2, -0.15) is 0 Å². The van der Waals surface area contributed by atoms with Crippen molar-refractivity contribution in [2.45, 2.75) is 18.9 Å². The Kier molecular flexibility index (Phi) is 6.40. The first-order valence-electron chi connectivity index (χ1n) is 5.88. The van der Waals surface area contributed by atoms with Gasteiger partial charge in [-0.1, -0.05) is 15.9 Å². The molecule has 0 aliphatic carbocycles. The lowest BCUT2D eigenvalue weighted by atomic mass is 10.1. The van der Waals surface area contributed by atoms with E-state index in [1.807, 2.05) is 0 Å². The van der Waals surface area contributed by atoms with E-state index in [0.717, 1.165) is 0 Å². The quantitative estimate of drug-likeness (QED) is 0.426. The zero-order valence-corrected chi connectivity index (χ0v) is 12.4. The lowest BCUT2D eigenvalue weighted by Crippen LogP contribution is -2.29. The number of anilines is 1. The fraction of sp³-hybridized carbons (Fsp3) is 0.417. The number of carboxylic acids is 1. The zero-order chi connectivity index (χ0) is 15.1. The number of hydrogen-bond acceptors (Lipinski definition) is 5. The molecule has 7 nitrogen and oxygen atoms in total. The molecule has 0 bridgehead atoms. The standard InChI is InChI=1S/C12H15BrN2O5/c1-20-6-2-3-10(12(16)17)14-9-5-4-8(13)7-11(9)15(18)19/h4-5,7,10,14H,2-3,6H2,1H3,(H,16,17). The Hall–Kier alpha value is -1.67. The van der Waals surface area contributed by atoms with Crippen molar-refractivity contribution < 1.29 is 19.6 Å². The molecule has 0 aromatic heterocycles. The fourth-order valence-corrected chi connectivity index (χ4v) is 2.00. The highest BCUT2D eigenvalue weighted by atomic mass is 79.9. The Balaban J connectivity index is 2.87. The molecule has 1 rings (SSSR count). The Morgan fingerprint density at radius 3 is 2.85 bits per heavy atom. The van der Waals surface area contributed by atoms with Crippen LogP contribution in [-0.2, 0) is 9.53 Å². The molecule has 0 saturated carbocycles. The highest BCUT2D eigenvalue weighted by molar-refractivity contribution is 9.10. The summed E-state index contributed by atoms with van der Waals surface area (Å²) >= 11 is 3.15. The largest absolute Gasteiger partial charge is 0.480 e. The molecule has 1 atom stereocenters. The van der Waals surface area contributed by atoms with Crippen molar-refractivity contribution in [3.63, 3.8) is 0 Å². The van der Waals surface area contributed by atoms with Crippen LogP contribution in [0.15, 0.2) is 22.7 Å². The second kappa shape index (κ2) is 7.81. The summed E-state index contributed by atoms with van der Waals surface area (Å²) in [6.07, 6.45) is 0.862. The van der Waals surface area contributed by atoms with Crippen LogP contribution in [0.1, 0.15) is 12.8 Å². The summed E-state index contributed by atoms with van der Waals surface area (Å²) < 4.78 is 5.42. The molecule has 8 heteroatoms. The van der Waals surface area contributed by atoms with Gasteiger partial charge in [-0.15, -0.1) is 0 Å². The van der Waals surface area contributed by atoms with Crippen LogP contribution in [0.3, 0.4) is 0 Å². The van der Waals surface area contributed by atoms with Crippen molar-refractivity contribution >= 4 is 33.3 Å². The molecule has 1 aromatic carbocycles. The van der Waals surface area contributed by atoms with Crippen molar-refractivity contribution in [1.82, 2.24) is 0 Å². The number of rotatable bonds is 8. The predicted octanol–water partition coefficient (Wildman–Crippen LogP) is 2.65. The molecule has 0 amide bonds. The second-order valence-corrected chi connectivity index (χ2v) is 5.00. The number of halogens is 1. The number of nitro benzene ring substituents is 1. The van der Waals surface area contributed by atoms with Gasteiger partial charge in [-0.3, -0.25) is 10.1 Å². The molecule has 0 aliphatic heterocycles. The van der Waals surface area contributed by atoms with Gasteiger partial charge in [-0.25, -0.2) is 4.79 Å². The highest BCUT2D eigenvalue weighted by Gasteiger charge is 2.21. The third kappa shape index (κ3) is 4.78. The van der Waals surface area contributed by atoms with Gasteiger partial charge in [0.2, 0.25) is 0 Å². The number of nitro groups is 1. The van der Waals surface area contributed by atoms with E-state index >= 15 is 0 Å². The number of carboxylic acid groups (broad SMARTS) is 1. The first-order chi connectivity index (χ1) is 9.45. The smallest absolute Gasteiger partial charge is 0.326 e. The first kappa shape index (κ1) is 16.4. The van der Waals surface area contributed by atoms with Gasteiger partial charge < -0.3 is 15.2 Å². The lowest BCUT2D eigenvalue weighted by Gasteiger charge is -2.15. The Labute approximate surface area is 124 Å². The summed E-state index contributed by atoms with van der Waals surface area (Å²) in [6.45, 7) is 0.438. The number of methoxy groups -OCH3 is 1. The van der Waals surface area contributed by atoms with Crippen LogP contribution in [0.5, 0.6) is 0 Å². The van der Waals surface area contributed by atoms with Gasteiger partial charge in [0.25, 0.3) is 5.69 Å². The Bertz CT molecular complexity index is 495. The molecular formula is C12H15BrN2O5. The molecule has 0 fully saturated rings. The predicted molar refractivity (Wildman–Crippen MR) is 77.0 cm³/mol. The average molecular weight is 347 g/mol. The number of carbonyl (C=O) groups is 1. The maximum absolute atomic E-state index is 11.2. The zero-order valence-electron chi connectivity index (χ0n) is 10.8. The third-order valence-electron chi connectivity index (χ3n) is 2.63. The fourth-order valence-electron chi connectivity index (χ4n) is 1.65. The third-order valence-corrected chi connectivity index (χ3v) is 3.12. The maximum atomic E-state index is 11.2. The minimum atomic E-state index is -1.06. The van der Waals surface area contributed by atoms with Gasteiger partial charge in [0.1, 0.15) is 11.7 Å². The van der Waals surface area contributed by atoms with E-state index < -0.39 is 16.9 Å². The first-order valence-corrected chi connectivity index (χ1v) is 6.67. The monoisotopic (exact) mass is 346 g/mol. The van der Waals surface area contributed by atoms with Crippen molar-refractivity contribution in [3.8, 4) is 0 Å². The summed E-state index contributed by atoms with van der Waals surface area (Å²) in [5, 5.41) is 22.8. The van der Waals surface area contributed by atoms with Gasteiger partial charge in [0.15, 0.2) is 0 Å². The number of benzene rings is 1. The van der Waals surface area contributed by atoms with Crippen LogP contribution in [0.25, 0.3) is 0 Å². The highest BCUT2D eigenvalue weighted by Crippen LogP contribution is 2.28. The average Bonchev–Trinajstić information content (AvgIpc) is 2.39. The van der Waals surface area contributed by atoms with Gasteiger partial charge >= 0.3 is 5.97 Å². The number of nitrogens with zero attached hydrogens (tertiary/aromatic N) is 1. The van der Waals surface area contributed by atoms with Crippen LogP contribution in [0.2, 0.25) is 0 Å². The summed E-state index contributed by atoms with van der Waals surface area (Å²) in [5.74, 6) is -1.06. The molecule has 20 heavy (non-hydrogen) atoms. The van der Waals surface area contributed by atoms with Crippen molar-refractivity contribution in [2.75, 3.05) is 19.0 Å². The summed E-state index contributed by atoms with van der Waals surface area (Å²) in [5.41, 5.74) is 0.0142. The van der Waals surface area contributed by atoms with E-state index in [-0.39, 0.29) is 11.4 Å². The topological polar surface area (TPSA) is 102 Å². The minimum absolute atomic E-state index is 0.169. The number of nitrogens with one attached hydrogen (secondary N) is 1. The van der Waals surface area contributed by atoms with E-state index in [0.29, 0.717) is 23.9 Å².